The highest BCUT2D eigenvalue weighted by Crippen LogP contribution is 2.40. The van der Waals surface area contributed by atoms with Crippen LogP contribution in [0.1, 0.15) is 51.4 Å². The van der Waals surface area contributed by atoms with E-state index in [2.05, 4.69) is 16.7 Å². The first kappa shape index (κ1) is 15.1. The molecule has 1 aliphatic carbocycles. The molecule has 3 aliphatic rings. The summed E-state index contributed by atoms with van der Waals surface area (Å²) in [5.74, 6) is 2.52. The van der Waals surface area contributed by atoms with Crippen molar-refractivity contribution < 1.29 is 9.84 Å². The van der Waals surface area contributed by atoms with E-state index in [4.69, 9.17) is 4.74 Å². The fourth-order valence-electron chi connectivity index (χ4n) is 4.39. The zero-order valence-corrected chi connectivity index (χ0v) is 13.4. The number of hydrogen-bond acceptors (Lipinski definition) is 4. The van der Waals surface area contributed by atoms with Gasteiger partial charge in [0.1, 0.15) is 0 Å². The van der Waals surface area contributed by atoms with Crippen molar-refractivity contribution in [3.05, 3.63) is 0 Å². The minimum atomic E-state index is 0.167. The Hall–Kier alpha value is 0.230. The van der Waals surface area contributed by atoms with Gasteiger partial charge in [0.25, 0.3) is 0 Å². The Morgan fingerprint density at radius 1 is 1.10 bits per heavy atom. The molecule has 0 bridgehead atoms. The summed E-state index contributed by atoms with van der Waals surface area (Å²) in [6.07, 6.45) is 10.2. The van der Waals surface area contributed by atoms with E-state index in [1.165, 1.54) is 56.5 Å². The Balaban J connectivity index is 1.66. The van der Waals surface area contributed by atoms with E-state index in [0.717, 1.165) is 25.6 Å². The van der Waals surface area contributed by atoms with Gasteiger partial charge in [0.2, 0.25) is 0 Å². The minimum absolute atomic E-state index is 0.167. The quantitative estimate of drug-likeness (QED) is 0.865. The standard InChI is InChI=1S/C16H29NO2S/c18-9-8-17(14-3-1-2-4-14)15-5-10-19-16(13-15)6-11-20-12-7-16/h14-15,18H,1-13H2. The molecular weight excluding hydrogens is 270 g/mol. The summed E-state index contributed by atoms with van der Waals surface area (Å²) in [4.78, 5) is 2.64. The molecule has 1 unspecified atom stereocenters. The smallest absolute Gasteiger partial charge is 0.0713 e. The number of aliphatic hydroxyl groups is 1. The van der Waals surface area contributed by atoms with Gasteiger partial charge in [-0.2, -0.15) is 11.8 Å². The number of ether oxygens (including phenoxy) is 1. The molecule has 0 aromatic heterocycles. The number of thioether (sulfide) groups is 1. The molecule has 0 amide bonds. The Labute approximate surface area is 127 Å². The van der Waals surface area contributed by atoms with Crippen LogP contribution >= 0.6 is 11.8 Å². The van der Waals surface area contributed by atoms with Crippen LogP contribution in [0.25, 0.3) is 0 Å². The van der Waals surface area contributed by atoms with E-state index in [0.29, 0.717) is 12.6 Å². The molecule has 2 aliphatic heterocycles. The highest BCUT2D eigenvalue weighted by Gasteiger charge is 2.41. The molecule has 3 nitrogen and oxygen atoms in total. The lowest BCUT2D eigenvalue weighted by Gasteiger charge is -2.47. The molecule has 1 N–H and O–H groups in total. The molecule has 1 atom stereocenters. The molecule has 1 spiro atoms. The van der Waals surface area contributed by atoms with Gasteiger partial charge in [0, 0.05) is 25.2 Å². The zero-order chi connectivity index (χ0) is 13.8. The van der Waals surface area contributed by atoms with Crippen LogP contribution in [-0.4, -0.2) is 59.0 Å². The number of rotatable bonds is 4. The van der Waals surface area contributed by atoms with Gasteiger partial charge in [-0.25, -0.2) is 0 Å². The summed E-state index contributed by atoms with van der Waals surface area (Å²) in [6, 6.07) is 1.36. The van der Waals surface area contributed by atoms with Crippen LogP contribution in [0.2, 0.25) is 0 Å². The highest BCUT2D eigenvalue weighted by atomic mass is 32.2. The van der Waals surface area contributed by atoms with Gasteiger partial charge in [0.15, 0.2) is 0 Å². The summed E-state index contributed by atoms with van der Waals surface area (Å²) in [6.45, 7) is 2.08. The molecule has 1 saturated carbocycles. The van der Waals surface area contributed by atoms with Crippen molar-refractivity contribution >= 4 is 11.8 Å². The second-order valence-corrected chi connectivity index (χ2v) is 7.91. The van der Waals surface area contributed by atoms with E-state index in [9.17, 15) is 5.11 Å². The van der Waals surface area contributed by atoms with E-state index >= 15 is 0 Å². The summed E-state index contributed by atoms with van der Waals surface area (Å²) in [7, 11) is 0. The molecule has 3 rings (SSSR count). The van der Waals surface area contributed by atoms with Crippen molar-refractivity contribution in [1.82, 2.24) is 4.90 Å². The third-order valence-corrected chi connectivity index (χ3v) is 6.48. The Kier molecular flexibility index (Phi) is 5.29. The van der Waals surface area contributed by atoms with Crippen LogP contribution in [0.4, 0.5) is 0 Å². The molecule has 2 saturated heterocycles. The largest absolute Gasteiger partial charge is 0.395 e. The molecule has 0 aromatic carbocycles. The topological polar surface area (TPSA) is 32.7 Å². The van der Waals surface area contributed by atoms with Crippen LogP contribution in [0.5, 0.6) is 0 Å². The van der Waals surface area contributed by atoms with Crippen LogP contribution in [0, 0.1) is 0 Å². The molecule has 20 heavy (non-hydrogen) atoms. The molecular formula is C16H29NO2S. The lowest BCUT2D eigenvalue weighted by Crippen LogP contribution is -2.53. The maximum absolute atomic E-state index is 9.45. The molecule has 0 aromatic rings. The predicted molar refractivity (Wildman–Crippen MR) is 84.3 cm³/mol. The van der Waals surface area contributed by atoms with Gasteiger partial charge < -0.3 is 9.84 Å². The maximum atomic E-state index is 9.45. The fraction of sp³-hybridized carbons (Fsp3) is 1.00. The van der Waals surface area contributed by atoms with Gasteiger partial charge in [-0.15, -0.1) is 0 Å². The van der Waals surface area contributed by atoms with Crippen molar-refractivity contribution in [3.8, 4) is 0 Å². The van der Waals surface area contributed by atoms with Crippen molar-refractivity contribution in [2.75, 3.05) is 31.3 Å². The van der Waals surface area contributed by atoms with E-state index in [1.807, 2.05) is 0 Å². The monoisotopic (exact) mass is 299 g/mol. The fourth-order valence-corrected chi connectivity index (χ4v) is 5.63. The summed E-state index contributed by atoms with van der Waals surface area (Å²) in [5, 5.41) is 9.45. The second kappa shape index (κ2) is 6.99. The Morgan fingerprint density at radius 3 is 2.55 bits per heavy atom. The van der Waals surface area contributed by atoms with E-state index < -0.39 is 0 Å². The van der Waals surface area contributed by atoms with Gasteiger partial charge in [-0.05, 0) is 50.0 Å². The first-order valence-electron chi connectivity index (χ1n) is 8.41. The van der Waals surface area contributed by atoms with E-state index in [1.54, 1.807) is 0 Å². The number of nitrogens with zero attached hydrogens (tertiary/aromatic N) is 1. The first-order chi connectivity index (χ1) is 9.83. The highest BCUT2D eigenvalue weighted by molar-refractivity contribution is 7.99. The summed E-state index contributed by atoms with van der Waals surface area (Å²) in [5.41, 5.74) is 0.167. The van der Waals surface area contributed by atoms with Gasteiger partial charge in [-0.3, -0.25) is 4.90 Å². The lowest BCUT2D eigenvalue weighted by molar-refractivity contribution is -0.116. The first-order valence-corrected chi connectivity index (χ1v) is 9.57. The van der Waals surface area contributed by atoms with Crippen LogP contribution in [0.15, 0.2) is 0 Å². The maximum Gasteiger partial charge on any atom is 0.0713 e. The Bertz CT molecular complexity index is 295. The Morgan fingerprint density at radius 2 is 1.85 bits per heavy atom. The normalized spacial score (nSPS) is 31.2. The molecule has 0 radical (unpaired) electrons. The van der Waals surface area contributed by atoms with Crippen LogP contribution < -0.4 is 0 Å². The van der Waals surface area contributed by atoms with Gasteiger partial charge >= 0.3 is 0 Å². The summed E-state index contributed by atoms with van der Waals surface area (Å²) < 4.78 is 6.23. The zero-order valence-electron chi connectivity index (χ0n) is 12.6. The number of aliphatic hydroxyl groups excluding tert-OH is 1. The van der Waals surface area contributed by atoms with Crippen molar-refractivity contribution in [2.45, 2.75) is 69.1 Å². The van der Waals surface area contributed by atoms with Crippen LogP contribution in [-0.2, 0) is 4.74 Å². The summed E-state index contributed by atoms with van der Waals surface area (Å²) >= 11 is 2.07. The minimum Gasteiger partial charge on any atom is -0.395 e. The molecule has 2 heterocycles. The SMILES string of the molecule is OCCN(C1CCCC1)C1CCOC2(CCSCC2)C1. The average Bonchev–Trinajstić information content (AvgIpc) is 2.99. The van der Waals surface area contributed by atoms with E-state index in [-0.39, 0.29) is 5.60 Å². The molecule has 116 valence electrons. The lowest BCUT2D eigenvalue weighted by atomic mass is 9.84. The van der Waals surface area contributed by atoms with Crippen molar-refractivity contribution in [2.24, 2.45) is 0 Å². The third-order valence-electron chi connectivity index (χ3n) is 5.49. The second-order valence-electron chi connectivity index (χ2n) is 6.69. The average molecular weight is 299 g/mol. The molecule has 3 fully saturated rings. The van der Waals surface area contributed by atoms with Crippen LogP contribution in [0.3, 0.4) is 0 Å². The van der Waals surface area contributed by atoms with Crippen molar-refractivity contribution in [3.63, 3.8) is 0 Å². The predicted octanol–water partition coefficient (Wildman–Crippen LogP) is 2.67. The third kappa shape index (κ3) is 3.34. The van der Waals surface area contributed by atoms with Gasteiger partial charge in [0.05, 0.1) is 12.2 Å². The van der Waals surface area contributed by atoms with Crippen molar-refractivity contribution in [1.29, 1.82) is 0 Å². The molecule has 4 heteroatoms. The van der Waals surface area contributed by atoms with Gasteiger partial charge in [-0.1, -0.05) is 12.8 Å². The number of hydrogen-bond donors (Lipinski definition) is 1.